The van der Waals surface area contributed by atoms with E-state index in [1.165, 1.54) is 18.4 Å². The van der Waals surface area contributed by atoms with E-state index in [2.05, 4.69) is 24.0 Å². The van der Waals surface area contributed by atoms with E-state index < -0.39 is 5.60 Å². The quantitative estimate of drug-likeness (QED) is 0.804. The number of rotatable bonds is 4. The first kappa shape index (κ1) is 18.0. The van der Waals surface area contributed by atoms with Crippen molar-refractivity contribution in [2.45, 2.75) is 83.5 Å². The van der Waals surface area contributed by atoms with Crippen molar-refractivity contribution in [2.24, 2.45) is 0 Å². The standard InChI is InChI=1S/C20H30N2O3/c1-5-16-13-17(9-11-22(16)19(23)25-20(2,3)4)24-18-12-15(8-10-21-18)14-6-7-14/h8,10,12,14,16-17H,5-7,9,11,13H2,1-4H3/t16-,17-/m0/s1. The fourth-order valence-electron chi connectivity index (χ4n) is 3.40. The van der Waals surface area contributed by atoms with Crippen LogP contribution in [0.1, 0.15) is 71.3 Å². The van der Waals surface area contributed by atoms with Crippen LogP contribution in [-0.4, -0.2) is 40.3 Å². The molecule has 1 amide bonds. The number of amides is 1. The van der Waals surface area contributed by atoms with E-state index in [9.17, 15) is 4.79 Å². The van der Waals surface area contributed by atoms with E-state index in [1.807, 2.05) is 31.9 Å². The van der Waals surface area contributed by atoms with Crippen LogP contribution in [0.5, 0.6) is 5.88 Å². The number of piperidine rings is 1. The molecule has 0 aromatic carbocycles. The van der Waals surface area contributed by atoms with Crippen LogP contribution < -0.4 is 4.74 Å². The van der Waals surface area contributed by atoms with Gasteiger partial charge in [0.25, 0.3) is 0 Å². The van der Waals surface area contributed by atoms with Gasteiger partial charge in [-0.15, -0.1) is 0 Å². The highest BCUT2D eigenvalue weighted by atomic mass is 16.6. The molecule has 1 aromatic heterocycles. The van der Waals surface area contributed by atoms with Crippen LogP contribution in [0.25, 0.3) is 0 Å². The Morgan fingerprint density at radius 2 is 2.08 bits per heavy atom. The van der Waals surface area contributed by atoms with E-state index in [1.54, 1.807) is 0 Å². The number of pyridine rings is 1. The van der Waals surface area contributed by atoms with Crippen LogP contribution in [0.3, 0.4) is 0 Å². The van der Waals surface area contributed by atoms with Crippen LogP contribution in [0, 0.1) is 0 Å². The minimum absolute atomic E-state index is 0.102. The maximum absolute atomic E-state index is 12.4. The van der Waals surface area contributed by atoms with Crippen molar-refractivity contribution in [3.05, 3.63) is 23.9 Å². The number of aromatic nitrogens is 1. The topological polar surface area (TPSA) is 51.7 Å². The molecule has 2 atom stereocenters. The Bertz CT molecular complexity index is 607. The number of ether oxygens (including phenoxy) is 2. The van der Waals surface area contributed by atoms with Gasteiger partial charge in [-0.1, -0.05) is 6.92 Å². The molecule has 1 saturated carbocycles. The summed E-state index contributed by atoms with van der Waals surface area (Å²) in [5, 5.41) is 0. The lowest BCUT2D eigenvalue weighted by Crippen LogP contribution is -2.50. The van der Waals surface area contributed by atoms with Crippen LogP contribution in [0.2, 0.25) is 0 Å². The van der Waals surface area contributed by atoms with Gasteiger partial charge >= 0.3 is 6.09 Å². The normalized spacial score (nSPS) is 24.1. The fourth-order valence-corrected chi connectivity index (χ4v) is 3.40. The maximum atomic E-state index is 12.4. The van der Waals surface area contributed by atoms with E-state index in [0.717, 1.165) is 25.1 Å². The lowest BCUT2D eigenvalue weighted by atomic mass is 9.98. The van der Waals surface area contributed by atoms with Crippen molar-refractivity contribution in [1.29, 1.82) is 0 Å². The lowest BCUT2D eigenvalue weighted by Gasteiger charge is -2.39. The second kappa shape index (κ2) is 7.22. The molecule has 2 fully saturated rings. The largest absolute Gasteiger partial charge is 0.474 e. The molecule has 3 rings (SSSR count). The van der Waals surface area contributed by atoms with Gasteiger partial charge in [-0.05, 0) is 57.6 Å². The summed E-state index contributed by atoms with van der Waals surface area (Å²) in [6.45, 7) is 8.48. The average molecular weight is 346 g/mol. The molecule has 25 heavy (non-hydrogen) atoms. The summed E-state index contributed by atoms with van der Waals surface area (Å²) in [6.07, 6.45) is 6.81. The van der Waals surface area contributed by atoms with Gasteiger partial charge in [-0.3, -0.25) is 0 Å². The Kier molecular flexibility index (Phi) is 5.21. The Morgan fingerprint density at radius 1 is 1.32 bits per heavy atom. The van der Waals surface area contributed by atoms with Gasteiger partial charge in [0.2, 0.25) is 5.88 Å². The Balaban J connectivity index is 1.59. The highest BCUT2D eigenvalue weighted by molar-refractivity contribution is 5.68. The van der Waals surface area contributed by atoms with E-state index in [-0.39, 0.29) is 18.2 Å². The fraction of sp³-hybridized carbons (Fsp3) is 0.700. The number of hydrogen-bond acceptors (Lipinski definition) is 4. The van der Waals surface area contributed by atoms with E-state index >= 15 is 0 Å². The third kappa shape index (κ3) is 4.86. The molecule has 1 aliphatic heterocycles. The van der Waals surface area contributed by atoms with Gasteiger partial charge in [0.1, 0.15) is 11.7 Å². The monoisotopic (exact) mass is 346 g/mol. The molecule has 0 N–H and O–H groups in total. The van der Waals surface area contributed by atoms with E-state index in [4.69, 9.17) is 9.47 Å². The SMILES string of the molecule is CC[C@H]1C[C@@H](Oc2cc(C3CC3)ccn2)CCN1C(=O)OC(C)(C)C. The summed E-state index contributed by atoms with van der Waals surface area (Å²) in [5.74, 6) is 1.41. The smallest absolute Gasteiger partial charge is 0.410 e. The van der Waals surface area contributed by atoms with Crippen molar-refractivity contribution < 1.29 is 14.3 Å². The highest BCUT2D eigenvalue weighted by Crippen LogP contribution is 2.40. The maximum Gasteiger partial charge on any atom is 0.410 e. The van der Waals surface area contributed by atoms with Crippen LogP contribution in [0.15, 0.2) is 18.3 Å². The second-order valence-corrected chi connectivity index (χ2v) is 8.20. The summed E-state index contributed by atoms with van der Waals surface area (Å²) >= 11 is 0. The minimum Gasteiger partial charge on any atom is -0.474 e. The number of likely N-dealkylation sites (tertiary alicyclic amines) is 1. The number of carbonyl (C=O) groups excluding carboxylic acids is 1. The van der Waals surface area contributed by atoms with Crippen LogP contribution in [-0.2, 0) is 4.74 Å². The summed E-state index contributed by atoms with van der Waals surface area (Å²) in [5.41, 5.74) is 0.874. The zero-order chi connectivity index (χ0) is 18.0. The van der Waals surface area contributed by atoms with Gasteiger partial charge in [0, 0.05) is 37.7 Å². The van der Waals surface area contributed by atoms with Crippen molar-refractivity contribution in [1.82, 2.24) is 9.88 Å². The van der Waals surface area contributed by atoms with Gasteiger partial charge in [-0.25, -0.2) is 9.78 Å². The summed E-state index contributed by atoms with van der Waals surface area (Å²) < 4.78 is 11.7. The van der Waals surface area contributed by atoms with Gasteiger partial charge in [0.05, 0.1) is 0 Å². The van der Waals surface area contributed by atoms with Gasteiger partial charge < -0.3 is 14.4 Å². The predicted molar refractivity (Wildman–Crippen MR) is 96.9 cm³/mol. The number of hydrogen-bond donors (Lipinski definition) is 0. The Labute approximate surface area is 150 Å². The molecule has 1 aromatic rings. The van der Waals surface area contributed by atoms with Gasteiger partial charge in [-0.2, -0.15) is 0 Å². The summed E-state index contributed by atoms with van der Waals surface area (Å²) in [7, 11) is 0. The number of carbonyl (C=O) groups is 1. The Hall–Kier alpha value is -1.78. The lowest BCUT2D eigenvalue weighted by molar-refractivity contribution is -0.00517. The third-order valence-corrected chi connectivity index (χ3v) is 4.86. The molecule has 0 bridgehead atoms. The molecule has 0 radical (unpaired) electrons. The van der Waals surface area contributed by atoms with E-state index in [0.29, 0.717) is 12.5 Å². The minimum atomic E-state index is -0.462. The van der Waals surface area contributed by atoms with Crippen molar-refractivity contribution >= 4 is 6.09 Å². The first-order valence-corrected chi connectivity index (χ1v) is 9.48. The average Bonchev–Trinajstić information content (AvgIpc) is 3.38. The van der Waals surface area contributed by atoms with Crippen molar-refractivity contribution in [2.75, 3.05) is 6.54 Å². The van der Waals surface area contributed by atoms with Gasteiger partial charge in [0.15, 0.2) is 0 Å². The molecule has 1 aliphatic carbocycles. The second-order valence-electron chi connectivity index (χ2n) is 8.20. The Morgan fingerprint density at radius 3 is 2.72 bits per heavy atom. The molecule has 2 aliphatic rings. The summed E-state index contributed by atoms with van der Waals surface area (Å²) in [4.78, 5) is 18.7. The van der Waals surface area contributed by atoms with Crippen LogP contribution >= 0.6 is 0 Å². The zero-order valence-corrected chi connectivity index (χ0v) is 15.8. The van der Waals surface area contributed by atoms with Crippen molar-refractivity contribution in [3.8, 4) is 5.88 Å². The molecule has 1 saturated heterocycles. The molecule has 5 heteroatoms. The molecule has 5 nitrogen and oxygen atoms in total. The molecular formula is C20H30N2O3. The first-order chi connectivity index (χ1) is 11.9. The summed E-state index contributed by atoms with van der Waals surface area (Å²) in [6, 6.07) is 4.32. The molecular weight excluding hydrogens is 316 g/mol. The first-order valence-electron chi connectivity index (χ1n) is 9.48. The molecule has 138 valence electrons. The third-order valence-electron chi connectivity index (χ3n) is 4.86. The van der Waals surface area contributed by atoms with Crippen molar-refractivity contribution in [3.63, 3.8) is 0 Å². The highest BCUT2D eigenvalue weighted by Gasteiger charge is 2.34. The van der Waals surface area contributed by atoms with Crippen LogP contribution in [0.4, 0.5) is 4.79 Å². The molecule has 2 heterocycles. The molecule has 0 unspecified atom stereocenters. The molecule has 0 spiro atoms. The zero-order valence-electron chi connectivity index (χ0n) is 15.8. The number of nitrogens with zero attached hydrogens (tertiary/aromatic N) is 2. The predicted octanol–water partition coefficient (Wildman–Crippen LogP) is 4.52.